The van der Waals surface area contributed by atoms with Gasteiger partial charge < -0.3 is 0 Å². The Hall–Kier alpha value is -0.823. The van der Waals surface area contributed by atoms with Crippen LogP contribution in [0.4, 0.5) is 0 Å². The van der Waals surface area contributed by atoms with Gasteiger partial charge in [0.1, 0.15) is 0 Å². The number of halogens is 1. The van der Waals surface area contributed by atoms with E-state index in [0.29, 0.717) is 0 Å². The topological polar surface area (TPSA) is 16.1 Å². The Labute approximate surface area is 165 Å². The third-order valence-corrected chi connectivity index (χ3v) is 14.7. The summed E-state index contributed by atoms with van der Waals surface area (Å²) in [5.74, 6) is 0. The second kappa shape index (κ2) is 8.25. The van der Waals surface area contributed by atoms with Crippen molar-refractivity contribution in [2.45, 2.75) is 39.3 Å². The molecule has 0 amide bonds. The Morgan fingerprint density at radius 3 is 1.96 bits per heavy atom. The summed E-state index contributed by atoms with van der Waals surface area (Å²) >= 11 is -0.732. The van der Waals surface area contributed by atoms with Crippen LogP contribution >= 0.6 is 10.0 Å². The summed E-state index contributed by atoms with van der Waals surface area (Å²) in [5, 5.41) is 1.41. The van der Waals surface area contributed by atoms with Gasteiger partial charge in [0, 0.05) is 0 Å². The summed E-state index contributed by atoms with van der Waals surface area (Å²) in [6.45, 7) is 14.3. The van der Waals surface area contributed by atoms with E-state index >= 15 is 0 Å². The second-order valence-corrected chi connectivity index (χ2v) is 21.0. The van der Waals surface area contributed by atoms with E-state index in [1.165, 1.54) is 16.5 Å². The Bertz CT molecular complexity index is 723. The minimum atomic E-state index is -1.67. The number of nitrogens with zero attached hydrogens (tertiary/aromatic N) is 2. The molecule has 2 nitrogen and oxygen atoms in total. The van der Waals surface area contributed by atoms with Crippen LogP contribution in [0.2, 0.25) is 39.3 Å². The van der Waals surface area contributed by atoms with Crippen molar-refractivity contribution in [3.05, 3.63) is 66.0 Å². The van der Waals surface area contributed by atoms with Crippen molar-refractivity contribution in [1.82, 2.24) is 8.51 Å². The monoisotopic (exact) mass is 448 g/mol. The molecule has 1 aromatic heterocycles. The molecule has 132 valence electrons. The molecule has 1 aromatic carbocycles. The van der Waals surface area contributed by atoms with Gasteiger partial charge in [0.25, 0.3) is 0 Å². The average Bonchev–Trinajstić information content (AvgIpc) is 2.54. The molecule has 6 heteroatoms. The first-order valence-electron chi connectivity index (χ1n) is 8.54. The predicted molar refractivity (Wildman–Crippen MR) is 118 cm³/mol. The van der Waals surface area contributed by atoms with Gasteiger partial charge in [0.2, 0.25) is 0 Å². The Kier molecular flexibility index (Phi) is 6.76. The molecular weight excluding hydrogens is 420 g/mol. The van der Waals surface area contributed by atoms with Gasteiger partial charge in [0.15, 0.2) is 0 Å². The minimum absolute atomic E-state index is 0.732. The maximum atomic E-state index is 6.62. The van der Waals surface area contributed by atoms with Gasteiger partial charge in [-0.2, -0.15) is 0 Å². The fourth-order valence-corrected chi connectivity index (χ4v) is 12.9. The van der Waals surface area contributed by atoms with Crippen molar-refractivity contribution in [3.63, 3.8) is 0 Å². The maximum absolute atomic E-state index is 6.62. The van der Waals surface area contributed by atoms with E-state index in [0.717, 1.165) is 5.69 Å². The quantitative estimate of drug-likeness (QED) is 0.525. The molecule has 0 atom stereocenters. The van der Waals surface area contributed by atoms with Crippen molar-refractivity contribution in [2.75, 3.05) is 0 Å². The number of pyridine rings is 1. The summed E-state index contributed by atoms with van der Waals surface area (Å²) in [5.41, 5.74) is 3.69. The summed E-state index contributed by atoms with van der Waals surface area (Å²) in [6, 6.07) is 17.0. The zero-order chi connectivity index (χ0) is 18.7. The molecule has 1 heterocycles. The van der Waals surface area contributed by atoms with Crippen LogP contribution in [0, 0.1) is 0 Å². The fourth-order valence-electron chi connectivity index (χ4n) is 2.86. The molecule has 0 saturated heterocycles. The number of aromatic nitrogens is 1. The van der Waals surface area contributed by atoms with Crippen LogP contribution in [0.3, 0.4) is 0 Å². The first-order chi connectivity index (χ1) is 11.7. The van der Waals surface area contributed by atoms with E-state index < -0.39 is 31.0 Å². The van der Waals surface area contributed by atoms with Gasteiger partial charge in [-0.3, -0.25) is 0 Å². The van der Waals surface area contributed by atoms with Crippen LogP contribution < -0.4 is 0 Å². The van der Waals surface area contributed by atoms with E-state index in [1.807, 2.05) is 12.3 Å². The molecule has 0 bridgehead atoms. The van der Waals surface area contributed by atoms with Crippen molar-refractivity contribution in [2.24, 2.45) is 0 Å². The number of hydrogen-bond acceptors (Lipinski definition) is 2. The van der Waals surface area contributed by atoms with Gasteiger partial charge in [-0.1, -0.05) is 0 Å². The van der Waals surface area contributed by atoms with E-state index in [2.05, 4.69) is 85.3 Å². The SMILES string of the molecule is C[Si](C)(C)/C(=C(\c1ccccc1)[N]([Ge][Cl])[Si](C)(C)C)c1ccccn1. The van der Waals surface area contributed by atoms with Crippen LogP contribution in [0.1, 0.15) is 11.3 Å². The summed E-state index contributed by atoms with van der Waals surface area (Å²) in [7, 11) is 3.34. The molecule has 2 rings (SSSR count). The third-order valence-electron chi connectivity index (χ3n) is 3.93. The zero-order valence-corrected chi connectivity index (χ0v) is 20.8. The van der Waals surface area contributed by atoms with E-state index in [1.54, 1.807) is 0 Å². The Balaban J connectivity index is 2.88. The van der Waals surface area contributed by atoms with Gasteiger partial charge in [-0.15, -0.1) is 0 Å². The average molecular weight is 448 g/mol. The van der Waals surface area contributed by atoms with Gasteiger partial charge in [-0.25, -0.2) is 0 Å². The number of hydrogen-bond donors (Lipinski definition) is 0. The van der Waals surface area contributed by atoms with Crippen LogP contribution in [-0.2, 0) is 0 Å². The molecule has 0 fully saturated rings. The Morgan fingerprint density at radius 2 is 1.52 bits per heavy atom. The van der Waals surface area contributed by atoms with Gasteiger partial charge in [-0.05, 0) is 0 Å². The van der Waals surface area contributed by atoms with Crippen LogP contribution in [0.25, 0.3) is 10.9 Å². The second-order valence-electron chi connectivity index (χ2n) is 8.15. The summed E-state index contributed by atoms with van der Waals surface area (Å²) in [6.07, 6.45) is 1.90. The first kappa shape index (κ1) is 20.5. The summed E-state index contributed by atoms with van der Waals surface area (Å²) < 4.78 is 2.56. The van der Waals surface area contributed by atoms with E-state index in [9.17, 15) is 0 Å². The summed E-state index contributed by atoms with van der Waals surface area (Å²) in [4.78, 5) is 4.73. The first-order valence-corrected chi connectivity index (χ1v) is 19.2. The normalized spacial score (nSPS) is 13.4. The molecule has 0 N–H and O–H groups in total. The zero-order valence-electron chi connectivity index (χ0n) is 16.0. The van der Waals surface area contributed by atoms with E-state index in [-0.39, 0.29) is 0 Å². The predicted octanol–water partition coefficient (Wildman–Crippen LogP) is 5.74. The van der Waals surface area contributed by atoms with E-state index in [4.69, 9.17) is 15.0 Å². The van der Waals surface area contributed by atoms with Crippen LogP contribution in [0.5, 0.6) is 0 Å². The van der Waals surface area contributed by atoms with Crippen molar-refractivity contribution >= 4 is 51.9 Å². The van der Waals surface area contributed by atoms with Crippen molar-refractivity contribution < 1.29 is 0 Å². The molecule has 0 aliphatic heterocycles. The molecule has 2 radical (unpaired) electrons. The molecular formula is C19H27ClGeN2Si2. The van der Waals surface area contributed by atoms with Crippen LogP contribution in [0.15, 0.2) is 54.7 Å². The standard InChI is InChI=1S/C19H27ClGeN2Si2/c1-24(2,3)19(17-14-10-11-15-22-17)18(16-12-8-7-9-13-16)23(21-20)25(4,5)6/h7-15H,1-6H3/b19-18+. The molecule has 0 saturated carbocycles. The Morgan fingerprint density at radius 1 is 0.920 bits per heavy atom. The number of rotatable bonds is 6. The number of benzene rings is 1. The van der Waals surface area contributed by atoms with Gasteiger partial charge in [0.05, 0.1) is 0 Å². The fraction of sp³-hybridized carbons (Fsp3) is 0.316. The van der Waals surface area contributed by atoms with Crippen molar-refractivity contribution in [1.29, 1.82) is 0 Å². The van der Waals surface area contributed by atoms with Crippen molar-refractivity contribution in [3.8, 4) is 0 Å². The van der Waals surface area contributed by atoms with Gasteiger partial charge >= 0.3 is 166 Å². The molecule has 0 aliphatic rings. The molecule has 2 aromatic rings. The molecule has 0 unspecified atom stereocenters. The third kappa shape index (κ3) is 5.09. The molecule has 0 spiro atoms. The van der Waals surface area contributed by atoms with Crippen LogP contribution in [-0.4, -0.2) is 39.5 Å². The molecule has 0 aliphatic carbocycles. The molecule has 25 heavy (non-hydrogen) atoms.